The van der Waals surface area contributed by atoms with Gasteiger partial charge in [0.25, 0.3) is 0 Å². The molecule has 0 aromatic heterocycles. The summed E-state index contributed by atoms with van der Waals surface area (Å²) in [5.41, 5.74) is 0. The molecule has 0 atom stereocenters. The molecule has 1 heterocycles. The first kappa shape index (κ1) is 17.5. The van der Waals surface area contributed by atoms with Crippen molar-refractivity contribution in [3.05, 3.63) is 0 Å². The van der Waals surface area contributed by atoms with Gasteiger partial charge < -0.3 is 10.2 Å². The van der Waals surface area contributed by atoms with Gasteiger partial charge in [0, 0.05) is 43.6 Å². The quantitative estimate of drug-likeness (QED) is 0.491. The molecule has 1 aliphatic heterocycles. The highest BCUT2D eigenvalue weighted by Crippen LogP contribution is 2.29. The SMILES string of the molecule is CN=C(NCCCCC(F)(F)F)N1CCSC(C)(C)C1. The van der Waals surface area contributed by atoms with Gasteiger partial charge in [0.1, 0.15) is 0 Å². The summed E-state index contributed by atoms with van der Waals surface area (Å²) in [6, 6.07) is 0. The van der Waals surface area contributed by atoms with Gasteiger partial charge in [-0.15, -0.1) is 0 Å². The van der Waals surface area contributed by atoms with E-state index in [0.717, 1.165) is 24.8 Å². The first-order valence-corrected chi connectivity index (χ1v) is 7.88. The van der Waals surface area contributed by atoms with Crippen LogP contribution in [0.25, 0.3) is 0 Å². The molecule has 0 radical (unpaired) electrons. The third-order valence-electron chi connectivity index (χ3n) is 3.11. The van der Waals surface area contributed by atoms with E-state index < -0.39 is 12.6 Å². The van der Waals surface area contributed by atoms with Crippen molar-refractivity contribution in [1.82, 2.24) is 10.2 Å². The summed E-state index contributed by atoms with van der Waals surface area (Å²) < 4.78 is 36.3. The van der Waals surface area contributed by atoms with Gasteiger partial charge in [0.2, 0.25) is 0 Å². The Hall–Kier alpha value is -0.590. The van der Waals surface area contributed by atoms with Gasteiger partial charge in [-0.2, -0.15) is 24.9 Å². The van der Waals surface area contributed by atoms with Gasteiger partial charge in [0.05, 0.1) is 0 Å². The van der Waals surface area contributed by atoms with E-state index in [1.165, 1.54) is 0 Å². The van der Waals surface area contributed by atoms with Crippen molar-refractivity contribution in [2.75, 3.05) is 32.4 Å². The van der Waals surface area contributed by atoms with Gasteiger partial charge in [-0.1, -0.05) is 0 Å². The van der Waals surface area contributed by atoms with Crippen LogP contribution in [0.2, 0.25) is 0 Å². The number of hydrogen-bond acceptors (Lipinski definition) is 2. The summed E-state index contributed by atoms with van der Waals surface area (Å²) in [6.07, 6.45) is -4.09. The molecule has 0 unspecified atom stereocenters. The molecular formula is C13H24F3N3S. The molecule has 1 N–H and O–H groups in total. The summed E-state index contributed by atoms with van der Waals surface area (Å²) in [4.78, 5) is 6.40. The first-order valence-electron chi connectivity index (χ1n) is 6.90. The summed E-state index contributed by atoms with van der Waals surface area (Å²) in [6.45, 7) is 6.75. The lowest BCUT2D eigenvalue weighted by Crippen LogP contribution is -2.51. The third-order valence-corrected chi connectivity index (χ3v) is 4.40. The fraction of sp³-hybridized carbons (Fsp3) is 0.923. The first-order chi connectivity index (χ1) is 9.23. The van der Waals surface area contributed by atoms with E-state index in [9.17, 15) is 13.2 Å². The topological polar surface area (TPSA) is 27.6 Å². The van der Waals surface area contributed by atoms with E-state index in [2.05, 4.69) is 29.1 Å². The van der Waals surface area contributed by atoms with E-state index in [4.69, 9.17) is 0 Å². The number of alkyl halides is 3. The maximum atomic E-state index is 12.0. The van der Waals surface area contributed by atoms with Crippen LogP contribution in [0.15, 0.2) is 4.99 Å². The van der Waals surface area contributed by atoms with Crippen molar-refractivity contribution in [2.45, 2.75) is 44.0 Å². The number of guanidine groups is 1. The van der Waals surface area contributed by atoms with Crippen LogP contribution in [-0.2, 0) is 0 Å². The van der Waals surface area contributed by atoms with Crippen molar-refractivity contribution in [2.24, 2.45) is 4.99 Å². The van der Waals surface area contributed by atoms with Crippen LogP contribution in [0.3, 0.4) is 0 Å². The molecule has 0 saturated carbocycles. The van der Waals surface area contributed by atoms with Crippen LogP contribution in [0.4, 0.5) is 13.2 Å². The molecule has 3 nitrogen and oxygen atoms in total. The molecule has 1 saturated heterocycles. The van der Waals surface area contributed by atoms with Gasteiger partial charge in [-0.25, -0.2) is 0 Å². The smallest absolute Gasteiger partial charge is 0.356 e. The van der Waals surface area contributed by atoms with Crippen molar-refractivity contribution in [3.8, 4) is 0 Å². The molecule has 0 bridgehead atoms. The zero-order valence-corrected chi connectivity index (χ0v) is 13.2. The van der Waals surface area contributed by atoms with E-state index >= 15 is 0 Å². The fourth-order valence-corrected chi connectivity index (χ4v) is 3.29. The number of aliphatic imine (C=N–C) groups is 1. The molecule has 1 fully saturated rings. The molecule has 0 aliphatic carbocycles. The number of rotatable bonds is 4. The Kier molecular flexibility index (Phi) is 6.48. The second-order valence-corrected chi connectivity index (χ2v) is 7.38. The fourth-order valence-electron chi connectivity index (χ4n) is 2.18. The minimum Gasteiger partial charge on any atom is -0.356 e. The standard InChI is InChI=1S/C13H24F3N3S/c1-12(2)10-19(8-9-20-12)11(17-3)18-7-5-4-6-13(14,15)16/h4-10H2,1-3H3,(H,17,18). The molecular weight excluding hydrogens is 287 g/mol. The van der Waals surface area contributed by atoms with Crippen LogP contribution in [0.5, 0.6) is 0 Å². The highest BCUT2D eigenvalue weighted by Gasteiger charge is 2.29. The Balaban J connectivity index is 2.30. The monoisotopic (exact) mass is 311 g/mol. The number of nitrogens with one attached hydrogen (secondary N) is 1. The van der Waals surface area contributed by atoms with Crippen LogP contribution in [0.1, 0.15) is 33.1 Å². The number of halogens is 3. The Morgan fingerprint density at radius 1 is 1.35 bits per heavy atom. The second kappa shape index (κ2) is 7.43. The van der Waals surface area contributed by atoms with E-state index in [0.29, 0.717) is 13.0 Å². The minimum atomic E-state index is -4.05. The van der Waals surface area contributed by atoms with Crippen LogP contribution >= 0.6 is 11.8 Å². The van der Waals surface area contributed by atoms with Crippen molar-refractivity contribution < 1.29 is 13.2 Å². The maximum Gasteiger partial charge on any atom is 0.389 e. The van der Waals surface area contributed by atoms with Crippen molar-refractivity contribution in [1.29, 1.82) is 0 Å². The predicted octanol–water partition coefficient (Wildman–Crippen LogP) is 3.12. The average Bonchev–Trinajstić information content (AvgIpc) is 2.31. The predicted molar refractivity (Wildman–Crippen MR) is 79.4 cm³/mol. The minimum absolute atomic E-state index is 0.162. The van der Waals surface area contributed by atoms with Crippen molar-refractivity contribution in [3.63, 3.8) is 0 Å². The summed E-state index contributed by atoms with van der Waals surface area (Å²) in [5.74, 6) is 1.84. The molecule has 118 valence electrons. The normalized spacial score (nSPS) is 20.1. The van der Waals surface area contributed by atoms with Crippen LogP contribution < -0.4 is 5.32 Å². The van der Waals surface area contributed by atoms with E-state index in [-0.39, 0.29) is 11.2 Å². The molecule has 0 aromatic rings. The number of thioether (sulfide) groups is 1. The summed E-state index contributed by atoms with van der Waals surface area (Å²) in [7, 11) is 1.72. The van der Waals surface area contributed by atoms with Gasteiger partial charge >= 0.3 is 6.18 Å². The van der Waals surface area contributed by atoms with E-state index in [1.54, 1.807) is 7.05 Å². The second-order valence-electron chi connectivity index (χ2n) is 5.58. The number of hydrogen-bond donors (Lipinski definition) is 1. The number of unbranched alkanes of at least 4 members (excludes halogenated alkanes) is 1. The molecule has 0 spiro atoms. The lowest BCUT2D eigenvalue weighted by atomic mass is 10.2. The summed E-state index contributed by atoms with van der Waals surface area (Å²) in [5, 5.41) is 3.16. The Bertz CT molecular complexity index is 329. The van der Waals surface area contributed by atoms with Gasteiger partial charge in [0.15, 0.2) is 5.96 Å². The Labute approximate surface area is 123 Å². The summed E-state index contributed by atoms with van der Waals surface area (Å²) >= 11 is 1.94. The average molecular weight is 311 g/mol. The molecule has 1 aliphatic rings. The third kappa shape index (κ3) is 6.72. The van der Waals surface area contributed by atoms with E-state index in [1.807, 2.05) is 11.8 Å². The Morgan fingerprint density at radius 2 is 2.05 bits per heavy atom. The molecule has 20 heavy (non-hydrogen) atoms. The molecule has 7 heteroatoms. The van der Waals surface area contributed by atoms with Crippen LogP contribution in [0, 0.1) is 0 Å². The maximum absolute atomic E-state index is 12.0. The Morgan fingerprint density at radius 3 is 2.60 bits per heavy atom. The van der Waals surface area contributed by atoms with Gasteiger partial charge in [-0.05, 0) is 26.7 Å². The van der Waals surface area contributed by atoms with Crippen molar-refractivity contribution >= 4 is 17.7 Å². The zero-order valence-electron chi connectivity index (χ0n) is 12.4. The highest BCUT2D eigenvalue weighted by molar-refractivity contribution is 8.00. The number of nitrogens with zero attached hydrogens (tertiary/aromatic N) is 2. The molecule has 0 amide bonds. The molecule has 0 aromatic carbocycles. The van der Waals surface area contributed by atoms with Crippen LogP contribution in [-0.4, -0.2) is 54.2 Å². The highest BCUT2D eigenvalue weighted by atomic mass is 32.2. The zero-order chi connectivity index (χ0) is 15.2. The lowest BCUT2D eigenvalue weighted by Gasteiger charge is -2.39. The lowest BCUT2D eigenvalue weighted by molar-refractivity contribution is -0.135. The van der Waals surface area contributed by atoms with Gasteiger partial charge in [-0.3, -0.25) is 4.99 Å². The molecule has 1 rings (SSSR count). The largest absolute Gasteiger partial charge is 0.389 e.